The molecule has 2 atom stereocenters. The molecule has 0 aromatic heterocycles. The van der Waals surface area contributed by atoms with Crippen molar-refractivity contribution in [1.29, 1.82) is 0 Å². The monoisotopic (exact) mass is 389 g/mol. The van der Waals surface area contributed by atoms with Gasteiger partial charge >= 0.3 is 5.97 Å². The highest BCUT2D eigenvalue weighted by atomic mass is 16.5. The smallest absolute Gasteiger partial charge is 0.313 e. The fourth-order valence-electron chi connectivity index (χ4n) is 5.26. The Morgan fingerprint density at radius 3 is 2.34 bits per heavy atom. The Bertz CT molecular complexity index is 793. The zero-order valence-corrected chi connectivity index (χ0v) is 17.3. The van der Waals surface area contributed by atoms with E-state index in [9.17, 15) is 4.79 Å². The zero-order chi connectivity index (χ0) is 20.1. The molecule has 2 aliphatic rings. The third kappa shape index (κ3) is 4.30. The van der Waals surface area contributed by atoms with E-state index >= 15 is 0 Å². The van der Waals surface area contributed by atoms with E-state index in [0.717, 1.165) is 45.3 Å². The number of nitrogens with zero attached hydrogens (tertiary/aromatic N) is 1. The maximum Gasteiger partial charge on any atom is 0.313 e. The number of carbonyl (C=O) groups excluding carboxylic acids is 1. The Labute approximate surface area is 174 Å². The molecule has 0 unspecified atom stereocenters. The van der Waals surface area contributed by atoms with Crippen LogP contribution in [0.1, 0.15) is 42.7 Å². The first-order chi connectivity index (χ1) is 14.2. The molecule has 1 aliphatic heterocycles. The summed E-state index contributed by atoms with van der Waals surface area (Å²) in [7, 11) is 1.51. The summed E-state index contributed by atoms with van der Waals surface area (Å²) < 4.78 is 5.12. The Morgan fingerprint density at radius 1 is 1.07 bits per heavy atom. The molecule has 2 aromatic rings. The van der Waals surface area contributed by atoms with Gasteiger partial charge in [0.25, 0.3) is 0 Å². The summed E-state index contributed by atoms with van der Waals surface area (Å²) in [5.74, 6) is 0.233. The topological polar surface area (TPSA) is 29.5 Å². The van der Waals surface area contributed by atoms with E-state index in [0.29, 0.717) is 5.92 Å². The van der Waals surface area contributed by atoms with Crippen molar-refractivity contribution >= 4 is 5.97 Å². The molecule has 1 saturated heterocycles. The lowest BCUT2D eigenvalue weighted by atomic mass is 9.68. The second-order valence-electron chi connectivity index (χ2n) is 8.52. The molecule has 1 spiro atoms. The second kappa shape index (κ2) is 8.96. The summed E-state index contributed by atoms with van der Waals surface area (Å²) in [4.78, 5) is 14.9. The molecule has 0 amide bonds. The van der Waals surface area contributed by atoms with Crippen LogP contribution in [0.4, 0.5) is 0 Å². The van der Waals surface area contributed by atoms with E-state index in [4.69, 9.17) is 4.74 Å². The van der Waals surface area contributed by atoms with Crippen molar-refractivity contribution in [3.8, 4) is 0 Å². The highest BCUT2D eigenvalue weighted by Crippen LogP contribution is 2.46. The van der Waals surface area contributed by atoms with Crippen molar-refractivity contribution in [2.75, 3.05) is 26.7 Å². The average molecular weight is 390 g/mol. The number of hydrogen-bond acceptors (Lipinski definition) is 3. The quantitative estimate of drug-likeness (QED) is 0.512. The van der Waals surface area contributed by atoms with Crippen LogP contribution in [0.15, 0.2) is 72.8 Å². The van der Waals surface area contributed by atoms with Crippen LogP contribution in [0.2, 0.25) is 0 Å². The van der Waals surface area contributed by atoms with Crippen molar-refractivity contribution in [2.45, 2.75) is 31.6 Å². The van der Waals surface area contributed by atoms with Crippen LogP contribution in [-0.2, 0) is 9.53 Å². The van der Waals surface area contributed by atoms with Crippen molar-refractivity contribution < 1.29 is 9.53 Å². The molecule has 1 fully saturated rings. The first-order valence-corrected chi connectivity index (χ1v) is 10.8. The van der Waals surface area contributed by atoms with Crippen LogP contribution in [-0.4, -0.2) is 37.6 Å². The summed E-state index contributed by atoms with van der Waals surface area (Å²) in [6.45, 7) is 3.11. The number of likely N-dealkylation sites (tertiary alicyclic amines) is 1. The predicted molar refractivity (Wildman–Crippen MR) is 117 cm³/mol. The molecule has 3 heteroatoms. The number of hydrogen-bond donors (Lipinski definition) is 0. The number of esters is 1. The molecule has 0 saturated carbocycles. The number of benzene rings is 2. The van der Waals surface area contributed by atoms with Gasteiger partial charge in [-0.3, -0.25) is 4.79 Å². The fraction of sp³-hybridized carbons (Fsp3) is 0.423. The van der Waals surface area contributed by atoms with Crippen LogP contribution < -0.4 is 0 Å². The lowest BCUT2D eigenvalue weighted by Crippen LogP contribution is -2.40. The third-order valence-electron chi connectivity index (χ3n) is 6.85. The number of ether oxygens (including phenoxy) is 1. The molecule has 3 nitrogen and oxygen atoms in total. The highest BCUT2D eigenvalue weighted by molar-refractivity contribution is 5.75. The van der Waals surface area contributed by atoms with Gasteiger partial charge in [-0.1, -0.05) is 72.8 Å². The molecule has 2 aromatic carbocycles. The normalized spacial score (nSPS) is 24.3. The first kappa shape index (κ1) is 19.9. The van der Waals surface area contributed by atoms with Gasteiger partial charge in [-0.05, 0) is 49.9 Å². The molecule has 0 N–H and O–H groups in total. The maximum atomic E-state index is 12.4. The minimum absolute atomic E-state index is 0.0524. The van der Waals surface area contributed by atoms with Gasteiger partial charge in [-0.15, -0.1) is 0 Å². The SMILES string of the molecule is COC(=O)[C@H]1C=CCC[C@]12CCN(CCC(c1ccccc1)c1ccccc1)C2. The summed E-state index contributed by atoms with van der Waals surface area (Å²) in [5.41, 5.74) is 2.80. The molecular formula is C26H31NO2. The number of rotatable bonds is 6. The molecule has 1 aliphatic carbocycles. The minimum Gasteiger partial charge on any atom is -0.469 e. The zero-order valence-electron chi connectivity index (χ0n) is 17.3. The summed E-state index contributed by atoms with van der Waals surface area (Å²) >= 11 is 0. The van der Waals surface area contributed by atoms with E-state index in [1.54, 1.807) is 0 Å². The van der Waals surface area contributed by atoms with E-state index in [1.165, 1.54) is 18.2 Å². The maximum absolute atomic E-state index is 12.4. The number of carbonyl (C=O) groups is 1. The summed E-state index contributed by atoms with van der Waals surface area (Å²) in [6, 6.07) is 21.6. The summed E-state index contributed by atoms with van der Waals surface area (Å²) in [5, 5.41) is 0. The van der Waals surface area contributed by atoms with Gasteiger partial charge in [0, 0.05) is 17.9 Å². The van der Waals surface area contributed by atoms with Gasteiger partial charge in [0.2, 0.25) is 0 Å². The van der Waals surface area contributed by atoms with Crippen molar-refractivity contribution in [3.63, 3.8) is 0 Å². The molecular weight excluding hydrogens is 358 g/mol. The van der Waals surface area contributed by atoms with Gasteiger partial charge < -0.3 is 9.64 Å². The molecule has 0 radical (unpaired) electrons. The largest absolute Gasteiger partial charge is 0.469 e. The van der Waals surface area contributed by atoms with Crippen LogP contribution in [0.25, 0.3) is 0 Å². The third-order valence-corrected chi connectivity index (χ3v) is 6.85. The van der Waals surface area contributed by atoms with Crippen LogP contribution >= 0.6 is 0 Å². The van der Waals surface area contributed by atoms with E-state index in [-0.39, 0.29) is 17.3 Å². The lowest BCUT2D eigenvalue weighted by molar-refractivity contribution is -0.148. The van der Waals surface area contributed by atoms with Gasteiger partial charge in [-0.2, -0.15) is 0 Å². The Hall–Kier alpha value is -2.39. The van der Waals surface area contributed by atoms with Crippen LogP contribution in [0.5, 0.6) is 0 Å². The highest BCUT2D eigenvalue weighted by Gasteiger charge is 2.47. The summed E-state index contributed by atoms with van der Waals surface area (Å²) in [6.07, 6.45) is 8.56. The molecule has 152 valence electrons. The predicted octanol–water partition coefficient (Wildman–Crippen LogP) is 5.04. The Balaban J connectivity index is 1.46. The van der Waals surface area contributed by atoms with Gasteiger partial charge in [-0.25, -0.2) is 0 Å². The molecule has 4 rings (SSSR count). The van der Waals surface area contributed by atoms with Gasteiger partial charge in [0.05, 0.1) is 13.0 Å². The minimum atomic E-state index is -0.0923. The molecule has 1 heterocycles. The second-order valence-corrected chi connectivity index (χ2v) is 8.52. The van der Waals surface area contributed by atoms with Crippen molar-refractivity contribution in [2.24, 2.45) is 11.3 Å². The number of allylic oxidation sites excluding steroid dienone is 1. The Morgan fingerprint density at radius 2 is 1.72 bits per heavy atom. The van der Waals surface area contributed by atoms with Crippen molar-refractivity contribution in [1.82, 2.24) is 4.90 Å². The fourth-order valence-corrected chi connectivity index (χ4v) is 5.26. The van der Waals surface area contributed by atoms with E-state index in [1.807, 2.05) is 0 Å². The van der Waals surface area contributed by atoms with E-state index < -0.39 is 0 Å². The number of methoxy groups -OCH3 is 1. The van der Waals surface area contributed by atoms with Gasteiger partial charge in [0.15, 0.2) is 0 Å². The molecule has 0 bridgehead atoms. The lowest BCUT2D eigenvalue weighted by Gasteiger charge is -2.37. The average Bonchev–Trinajstić information content (AvgIpc) is 3.18. The Kier molecular flexibility index (Phi) is 6.15. The van der Waals surface area contributed by atoms with Gasteiger partial charge in [0.1, 0.15) is 0 Å². The molecule has 29 heavy (non-hydrogen) atoms. The first-order valence-electron chi connectivity index (χ1n) is 10.8. The standard InChI is InChI=1S/C26H31NO2/c1-29-25(28)24-14-8-9-16-26(24)17-19-27(20-26)18-15-23(21-10-4-2-5-11-21)22-12-6-3-7-13-22/h2-8,10-14,23-24H,9,15-20H2,1H3/t24-,26-/m1/s1. The van der Waals surface area contributed by atoms with Crippen LogP contribution in [0.3, 0.4) is 0 Å². The van der Waals surface area contributed by atoms with Crippen molar-refractivity contribution in [3.05, 3.63) is 83.9 Å². The van der Waals surface area contributed by atoms with Crippen LogP contribution in [0, 0.1) is 11.3 Å². The van der Waals surface area contributed by atoms with E-state index in [2.05, 4.69) is 77.7 Å².